The lowest BCUT2D eigenvalue weighted by Crippen LogP contribution is -2.40. The van der Waals surface area contributed by atoms with Crippen LogP contribution in [0.3, 0.4) is 0 Å². The van der Waals surface area contributed by atoms with Crippen LogP contribution in [0.1, 0.15) is 35.6 Å². The van der Waals surface area contributed by atoms with Crippen molar-refractivity contribution in [2.75, 3.05) is 18.4 Å². The van der Waals surface area contributed by atoms with Crippen molar-refractivity contribution in [1.29, 1.82) is 0 Å². The van der Waals surface area contributed by atoms with Crippen LogP contribution >= 0.6 is 0 Å². The van der Waals surface area contributed by atoms with E-state index in [-0.39, 0.29) is 11.8 Å². The molecule has 5 rings (SSSR count). The number of aromatic amines is 1. The number of H-pyrrole nitrogens is 1. The molecule has 2 N–H and O–H groups in total. The second-order valence-electron chi connectivity index (χ2n) is 8.48. The van der Waals surface area contributed by atoms with E-state index in [9.17, 15) is 4.79 Å². The molecule has 1 aromatic carbocycles. The van der Waals surface area contributed by atoms with E-state index in [1.165, 1.54) is 0 Å². The Kier molecular flexibility index (Phi) is 5.58. The Hall–Kier alpha value is -3.67. The first-order valence-electron chi connectivity index (χ1n) is 11.1. The van der Waals surface area contributed by atoms with Gasteiger partial charge in [-0.3, -0.25) is 9.78 Å². The number of para-hydroxylation sites is 1. The zero-order chi connectivity index (χ0) is 21.9. The highest BCUT2D eigenvalue weighted by Gasteiger charge is 2.26. The fourth-order valence-corrected chi connectivity index (χ4v) is 4.47. The fraction of sp³-hybridized carbons (Fsp3) is 0.269. The van der Waals surface area contributed by atoms with E-state index in [0.717, 1.165) is 65.2 Å². The molecule has 1 atom stereocenters. The van der Waals surface area contributed by atoms with E-state index in [1.54, 1.807) is 6.20 Å². The summed E-state index contributed by atoms with van der Waals surface area (Å²) in [5.41, 5.74) is 5.18. The molecule has 0 aliphatic carbocycles. The van der Waals surface area contributed by atoms with Crippen LogP contribution in [-0.4, -0.2) is 38.8 Å². The topological polar surface area (TPSA) is 73.9 Å². The Morgan fingerprint density at radius 1 is 1.16 bits per heavy atom. The number of fused-ring (bicyclic) bond motifs is 1. The van der Waals surface area contributed by atoms with Gasteiger partial charge in [0.15, 0.2) is 0 Å². The largest absolute Gasteiger partial charge is 0.361 e. The molecular weight excluding hydrogens is 398 g/mol. The summed E-state index contributed by atoms with van der Waals surface area (Å²) in [6, 6.07) is 16.2. The van der Waals surface area contributed by atoms with Gasteiger partial charge in [-0.1, -0.05) is 24.3 Å². The summed E-state index contributed by atoms with van der Waals surface area (Å²) in [4.78, 5) is 27.4. The monoisotopic (exact) mass is 425 g/mol. The van der Waals surface area contributed by atoms with Crippen molar-refractivity contribution in [3.05, 3.63) is 83.9 Å². The van der Waals surface area contributed by atoms with Gasteiger partial charge in [-0.25, -0.2) is 4.98 Å². The van der Waals surface area contributed by atoms with Crippen molar-refractivity contribution in [1.82, 2.24) is 19.9 Å². The number of rotatable bonds is 5. The Bertz CT molecular complexity index is 1230. The van der Waals surface area contributed by atoms with E-state index in [4.69, 9.17) is 4.98 Å². The van der Waals surface area contributed by atoms with E-state index in [0.29, 0.717) is 6.42 Å². The van der Waals surface area contributed by atoms with E-state index < -0.39 is 0 Å². The van der Waals surface area contributed by atoms with Crippen LogP contribution in [0.15, 0.2) is 67.1 Å². The van der Waals surface area contributed by atoms with Crippen molar-refractivity contribution >= 4 is 28.3 Å². The smallest absolute Gasteiger partial charge is 0.227 e. The lowest BCUT2D eigenvalue weighted by molar-refractivity contribution is -0.131. The Labute approximate surface area is 187 Å². The van der Waals surface area contributed by atoms with Gasteiger partial charge in [0.25, 0.3) is 0 Å². The molecule has 32 heavy (non-hydrogen) atoms. The number of piperidine rings is 1. The van der Waals surface area contributed by atoms with Gasteiger partial charge in [0.1, 0.15) is 5.82 Å². The summed E-state index contributed by atoms with van der Waals surface area (Å²) >= 11 is 0. The minimum absolute atomic E-state index is 0.184. The maximum atomic E-state index is 13.0. The number of likely N-dealkylation sites (tertiary alicyclic amines) is 1. The van der Waals surface area contributed by atoms with Gasteiger partial charge in [0.05, 0.1) is 18.3 Å². The maximum absolute atomic E-state index is 13.0. The molecule has 6 nitrogen and oxygen atoms in total. The lowest BCUT2D eigenvalue weighted by atomic mass is 9.93. The van der Waals surface area contributed by atoms with Crippen LogP contribution < -0.4 is 5.32 Å². The highest BCUT2D eigenvalue weighted by molar-refractivity contribution is 5.89. The molecule has 4 heterocycles. The number of benzene rings is 1. The zero-order valence-electron chi connectivity index (χ0n) is 18.2. The van der Waals surface area contributed by atoms with Crippen LogP contribution in [0.2, 0.25) is 0 Å². The molecule has 0 bridgehead atoms. The predicted octanol–water partition coefficient (Wildman–Crippen LogP) is 4.96. The van der Waals surface area contributed by atoms with Crippen molar-refractivity contribution in [2.24, 2.45) is 0 Å². The molecule has 1 fully saturated rings. The number of nitrogens with zero attached hydrogens (tertiary/aromatic N) is 3. The normalized spacial score (nSPS) is 16.3. The first kappa shape index (κ1) is 20.2. The van der Waals surface area contributed by atoms with Gasteiger partial charge in [-0.2, -0.15) is 0 Å². The van der Waals surface area contributed by atoms with Gasteiger partial charge in [-0.05, 0) is 55.2 Å². The summed E-state index contributed by atoms with van der Waals surface area (Å²) in [6.45, 7) is 3.57. The number of hydrogen-bond donors (Lipinski definition) is 2. The number of carbonyl (C=O) groups excluding carboxylic acids is 1. The standard InChI is InChI=1S/C26H27N5O/c1-18-6-4-12-27-26(18)30-21-10-11-23(29-16-21)19-7-5-13-31(17-19)25(32)14-20-15-28-24-9-3-2-8-22(20)24/h2-4,6,8-12,15-16,19,28H,5,7,13-14,17H2,1H3,(H,27,30)/t19-/m0/s1. The Morgan fingerprint density at radius 2 is 2.06 bits per heavy atom. The van der Waals surface area contributed by atoms with Crippen LogP contribution in [-0.2, 0) is 11.2 Å². The molecule has 6 heteroatoms. The third-order valence-corrected chi connectivity index (χ3v) is 6.27. The average molecular weight is 426 g/mol. The molecule has 1 aliphatic heterocycles. The van der Waals surface area contributed by atoms with E-state index in [2.05, 4.69) is 27.4 Å². The third-order valence-electron chi connectivity index (χ3n) is 6.27. The van der Waals surface area contributed by atoms with Crippen LogP contribution in [0, 0.1) is 6.92 Å². The number of amides is 1. The van der Waals surface area contributed by atoms with Crippen molar-refractivity contribution < 1.29 is 4.79 Å². The number of hydrogen-bond acceptors (Lipinski definition) is 4. The van der Waals surface area contributed by atoms with E-state index >= 15 is 0 Å². The average Bonchev–Trinajstić information content (AvgIpc) is 3.24. The number of aryl methyl sites for hydroxylation is 1. The van der Waals surface area contributed by atoms with Gasteiger partial charge < -0.3 is 15.2 Å². The number of aromatic nitrogens is 3. The fourth-order valence-electron chi connectivity index (χ4n) is 4.47. The summed E-state index contributed by atoms with van der Waals surface area (Å²) in [5, 5.41) is 4.45. The van der Waals surface area contributed by atoms with Crippen LogP contribution in [0.25, 0.3) is 10.9 Å². The summed E-state index contributed by atoms with van der Waals surface area (Å²) in [5.74, 6) is 1.29. The van der Waals surface area contributed by atoms with Gasteiger partial charge in [0, 0.05) is 48.0 Å². The Morgan fingerprint density at radius 3 is 2.91 bits per heavy atom. The quantitative estimate of drug-likeness (QED) is 0.474. The number of carbonyl (C=O) groups is 1. The molecule has 4 aromatic rings. The molecule has 1 amide bonds. The molecule has 0 radical (unpaired) electrons. The first-order chi connectivity index (χ1) is 15.7. The number of anilines is 2. The van der Waals surface area contributed by atoms with Crippen LogP contribution in [0.4, 0.5) is 11.5 Å². The van der Waals surface area contributed by atoms with Gasteiger partial charge >= 0.3 is 0 Å². The molecule has 0 spiro atoms. The second kappa shape index (κ2) is 8.83. The van der Waals surface area contributed by atoms with Crippen molar-refractivity contribution in [3.63, 3.8) is 0 Å². The summed E-state index contributed by atoms with van der Waals surface area (Å²) in [6.07, 6.45) is 8.07. The molecular formula is C26H27N5O. The maximum Gasteiger partial charge on any atom is 0.227 e. The predicted molar refractivity (Wildman–Crippen MR) is 127 cm³/mol. The first-order valence-corrected chi connectivity index (χ1v) is 11.1. The highest BCUT2D eigenvalue weighted by atomic mass is 16.2. The summed E-state index contributed by atoms with van der Waals surface area (Å²) in [7, 11) is 0. The number of pyridine rings is 2. The molecule has 1 aliphatic rings. The van der Waals surface area contributed by atoms with Crippen LogP contribution in [0.5, 0.6) is 0 Å². The SMILES string of the molecule is Cc1cccnc1Nc1ccc([C@H]2CCCN(C(=O)Cc3c[nH]c4ccccc34)C2)nc1. The second-order valence-corrected chi connectivity index (χ2v) is 8.48. The molecule has 1 saturated heterocycles. The highest BCUT2D eigenvalue weighted by Crippen LogP contribution is 2.28. The minimum atomic E-state index is 0.184. The minimum Gasteiger partial charge on any atom is -0.361 e. The molecule has 162 valence electrons. The third kappa shape index (κ3) is 4.21. The lowest BCUT2D eigenvalue weighted by Gasteiger charge is -2.32. The van der Waals surface area contributed by atoms with Crippen molar-refractivity contribution in [2.45, 2.75) is 32.1 Å². The summed E-state index contributed by atoms with van der Waals surface area (Å²) < 4.78 is 0. The molecule has 0 unspecified atom stereocenters. The van der Waals surface area contributed by atoms with E-state index in [1.807, 2.05) is 60.6 Å². The van der Waals surface area contributed by atoms with Gasteiger partial charge in [0.2, 0.25) is 5.91 Å². The molecule has 0 saturated carbocycles. The molecule has 3 aromatic heterocycles. The van der Waals surface area contributed by atoms with Gasteiger partial charge in [-0.15, -0.1) is 0 Å². The van der Waals surface area contributed by atoms with Crippen molar-refractivity contribution in [3.8, 4) is 0 Å². The Balaban J connectivity index is 1.24. The number of nitrogens with one attached hydrogen (secondary N) is 2. The zero-order valence-corrected chi connectivity index (χ0v) is 18.2.